The molecule has 21 heavy (non-hydrogen) atoms. The van der Waals surface area contributed by atoms with Crippen molar-refractivity contribution in [2.75, 3.05) is 19.7 Å². The Hall–Kier alpha value is -1.02. The zero-order chi connectivity index (χ0) is 14.9. The molecule has 0 heterocycles. The van der Waals surface area contributed by atoms with Gasteiger partial charge in [-0.3, -0.25) is 0 Å². The Balaban J connectivity index is 1.46. The summed E-state index contributed by atoms with van der Waals surface area (Å²) in [6.45, 7) is 7.75. The fraction of sp³-hybridized carbons (Fsp3) is 0.684. The van der Waals surface area contributed by atoms with Crippen molar-refractivity contribution in [3.8, 4) is 5.75 Å². The summed E-state index contributed by atoms with van der Waals surface area (Å²) < 4.78 is 5.85. The van der Waals surface area contributed by atoms with E-state index in [2.05, 4.69) is 37.4 Å². The second kappa shape index (κ2) is 9.09. The Kier molecular flexibility index (Phi) is 7.08. The van der Waals surface area contributed by atoms with E-state index in [1.54, 1.807) is 0 Å². The van der Waals surface area contributed by atoms with Crippen molar-refractivity contribution in [3.63, 3.8) is 0 Å². The highest BCUT2D eigenvalue weighted by Gasteiger charge is 2.15. The normalized spacial score (nSPS) is 15.5. The van der Waals surface area contributed by atoms with Gasteiger partial charge in [-0.25, -0.2) is 0 Å². The van der Waals surface area contributed by atoms with Crippen molar-refractivity contribution >= 4 is 0 Å². The Morgan fingerprint density at radius 1 is 1.00 bits per heavy atom. The lowest BCUT2D eigenvalue weighted by Crippen LogP contribution is -2.85. The van der Waals surface area contributed by atoms with Gasteiger partial charge in [0, 0.05) is 5.92 Å². The quantitative estimate of drug-likeness (QED) is 0.691. The fourth-order valence-corrected chi connectivity index (χ4v) is 3.37. The molecule has 2 nitrogen and oxygen atoms in total. The monoisotopic (exact) mass is 290 g/mol. The molecule has 0 spiro atoms. The molecular weight excluding hydrogens is 258 g/mol. The van der Waals surface area contributed by atoms with Crippen LogP contribution in [0, 0.1) is 19.8 Å². The zero-order valence-corrected chi connectivity index (χ0v) is 13.9. The van der Waals surface area contributed by atoms with Gasteiger partial charge in [-0.05, 0) is 69.2 Å². The van der Waals surface area contributed by atoms with Crippen LogP contribution in [0.15, 0.2) is 18.2 Å². The van der Waals surface area contributed by atoms with E-state index in [0.29, 0.717) is 0 Å². The Labute approximate surface area is 130 Å². The Morgan fingerprint density at radius 3 is 2.43 bits per heavy atom. The summed E-state index contributed by atoms with van der Waals surface area (Å²) in [6, 6.07) is 6.44. The van der Waals surface area contributed by atoms with Crippen molar-refractivity contribution in [3.05, 3.63) is 29.3 Å². The molecule has 1 aromatic carbocycles. The van der Waals surface area contributed by atoms with Crippen molar-refractivity contribution in [2.45, 2.75) is 58.8 Å². The highest BCUT2D eigenvalue weighted by Crippen LogP contribution is 2.22. The number of benzene rings is 1. The molecule has 2 heteroatoms. The highest BCUT2D eigenvalue weighted by molar-refractivity contribution is 5.32. The number of aryl methyl sites for hydroxylation is 2. The largest absolute Gasteiger partial charge is 0.494 e. The molecule has 2 N–H and O–H groups in total. The minimum atomic E-state index is 0.853. The van der Waals surface area contributed by atoms with Crippen LogP contribution in [0.25, 0.3) is 0 Å². The molecule has 1 aromatic rings. The summed E-state index contributed by atoms with van der Waals surface area (Å²) in [5.41, 5.74) is 2.57. The van der Waals surface area contributed by atoms with Gasteiger partial charge in [0.25, 0.3) is 0 Å². The average molecular weight is 290 g/mol. The summed E-state index contributed by atoms with van der Waals surface area (Å²) in [6.07, 6.45) is 9.65. The van der Waals surface area contributed by atoms with Crippen LogP contribution in [-0.2, 0) is 0 Å². The Morgan fingerprint density at radius 2 is 1.71 bits per heavy atom. The molecule has 1 fully saturated rings. The predicted molar refractivity (Wildman–Crippen MR) is 88.9 cm³/mol. The number of nitrogens with two attached hydrogens (primary N) is 1. The summed E-state index contributed by atoms with van der Waals surface area (Å²) in [7, 11) is 0. The second-order valence-corrected chi connectivity index (χ2v) is 6.70. The predicted octanol–water partition coefficient (Wildman–Crippen LogP) is 3.61. The molecule has 0 aliphatic heterocycles. The topological polar surface area (TPSA) is 25.8 Å². The lowest BCUT2D eigenvalue weighted by Gasteiger charge is -2.09. The molecule has 0 radical (unpaired) electrons. The minimum Gasteiger partial charge on any atom is -0.494 e. The molecule has 0 saturated heterocycles. The van der Waals surface area contributed by atoms with Gasteiger partial charge in [0.15, 0.2) is 0 Å². The van der Waals surface area contributed by atoms with Gasteiger partial charge in [0.05, 0.1) is 19.7 Å². The molecule has 118 valence electrons. The summed E-state index contributed by atoms with van der Waals surface area (Å²) in [5, 5.41) is 2.53. The van der Waals surface area contributed by atoms with E-state index < -0.39 is 0 Å². The second-order valence-electron chi connectivity index (χ2n) is 6.70. The van der Waals surface area contributed by atoms with Gasteiger partial charge in [0.2, 0.25) is 0 Å². The molecule has 1 aliphatic rings. The van der Waals surface area contributed by atoms with Crippen LogP contribution in [0.5, 0.6) is 5.75 Å². The first-order valence-corrected chi connectivity index (χ1v) is 8.77. The van der Waals surface area contributed by atoms with Crippen LogP contribution < -0.4 is 10.1 Å². The van der Waals surface area contributed by atoms with E-state index in [-0.39, 0.29) is 0 Å². The zero-order valence-electron chi connectivity index (χ0n) is 13.9. The van der Waals surface area contributed by atoms with Crippen LogP contribution in [0.4, 0.5) is 0 Å². The van der Waals surface area contributed by atoms with Crippen LogP contribution >= 0.6 is 0 Å². The van der Waals surface area contributed by atoms with E-state index in [4.69, 9.17) is 4.74 Å². The maximum Gasteiger partial charge on any atom is 0.119 e. The summed E-state index contributed by atoms with van der Waals surface area (Å²) in [5.74, 6) is 2.04. The SMILES string of the molecule is Cc1cc(C)cc(OCCCCC[NH2+]CC2CCCC2)c1. The van der Waals surface area contributed by atoms with Gasteiger partial charge in [-0.15, -0.1) is 0 Å². The molecule has 0 amide bonds. The summed E-state index contributed by atoms with van der Waals surface area (Å²) in [4.78, 5) is 0. The number of rotatable bonds is 9. The minimum absolute atomic E-state index is 0.853. The highest BCUT2D eigenvalue weighted by atomic mass is 16.5. The molecule has 0 bridgehead atoms. The molecular formula is C19H32NO+. The number of unbranched alkanes of at least 4 members (excludes halogenated alkanes) is 2. The average Bonchev–Trinajstić information content (AvgIpc) is 2.94. The van der Waals surface area contributed by atoms with Gasteiger partial charge in [-0.1, -0.05) is 18.9 Å². The van der Waals surface area contributed by atoms with E-state index in [0.717, 1.165) is 18.3 Å². The molecule has 2 rings (SSSR count). The van der Waals surface area contributed by atoms with E-state index in [1.165, 1.54) is 69.2 Å². The molecule has 1 aliphatic carbocycles. The van der Waals surface area contributed by atoms with E-state index in [1.807, 2.05) is 0 Å². The van der Waals surface area contributed by atoms with Crippen LogP contribution in [0.1, 0.15) is 56.1 Å². The lowest BCUT2D eigenvalue weighted by atomic mass is 10.1. The first-order chi connectivity index (χ1) is 10.2. The Bertz CT molecular complexity index is 390. The van der Waals surface area contributed by atoms with Crippen LogP contribution in [0.3, 0.4) is 0 Å². The smallest absolute Gasteiger partial charge is 0.119 e. The number of quaternary nitrogens is 1. The van der Waals surface area contributed by atoms with Crippen molar-refractivity contribution in [1.29, 1.82) is 0 Å². The van der Waals surface area contributed by atoms with Gasteiger partial charge in [0.1, 0.15) is 5.75 Å². The third kappa shape index (κ3) is 6.52. The van der Waals surface area contributed by atoms with Crippen LogP contribution in [-0.4, -0.2) is 19.7 Å². The first-order valence-electron chi connectivity index (χ1n) is 8.77. The maximum atomic E-state index is 5.85. The van der Waals surface area contributed by atoms with Gasteiger partial charge in [-0.2, -0.15) is 0 Å². The number of hydrogen-bond donors (Lipinski definition) is 1. The number of hydrogen-bond acceptors (Lipinski definition) is 1. The third-order valence-corrected chi connectivity index (χ3v) is 4.49. The third-order valence-electron chi connectivity index (χ3n) is 4.49. The van der Waals surface area contributed by atoms with Crippen molar-refractivity contribution in [1.82, 2.24) is 0 Å². The van der Waals surface area contributed by atoms with Crippen LogP contribution in [0.2, 0.25) is 0 Å². The van der Waals surface area contributed by atoms with Gasteiger partial charge < -0.3 is 10.1 Å². The maximum absolute atomic E-state index is 5.85. The van der Waals surface area contributed by atoms with Crippen molar-refractivity contribution < 1.29 is 10.1 Å². The fourth-order valence-electron chi connectivity index (χ4n) is 3.37. The first kappa shape index (κ1) is 16.4. The molecule has 0 atom stereocenters. The van der Waals surface area contributed by atoms with Gasteiger partial charge >= 0.3 is 0 Å². The van der Waals surface area contributed by atoms with Crippen molar-refractivity contribution in [2.24, 2.45) is 5.92 Å². The molecule has 0 aromatic heterocycles. The lowest BCUT2D eigenvalue weighted by molar-refractivity contribution is -0.660. The molecule has 0 unspecified atom stereocenters. The summed E-state index contributed by atoms with van der Waals surface area (Å²) >= 11 is 0. The van der Waals surface area contributed by atoms with E-state index in [9.17, 15) is 0 Å². The standard InChI is InChI=1S/C19H31NO/c1-16-12-17(2)14-19(13-16)21-11-7-3-6-10-20-15-18-8-4-5-9-18/h12-14,18,20H,3-11,15H2,1-2H3/p+1. The van der Waals surface area contributed by atoms with E-state index >= 15 is 0 Å². The number of ether oxygens (including phenoxy) is 1. The molecule has 1 saturated carbocycles.